The Morgan fingerprint density at radius 2 is 1.33 bits per heavy atom. The van der Waals surface area contributed by atoms with Crippen molar-refractivity contribution in [3.63, 3.8) is 0 Å². The lowest BCUT2D eigenvalue weighted by atomic mass is 9.82. The molecule has 0 aromatic heterocycles. The van der Waals surface area contributed by atoms with Crippen LogP contribution in [0.3, 0.4) is 0 Å². The van der Waals surface area contributed by atoms with Crippen molar-refractivity contribution in [1.82, 2.24) is 31.5 Å². The van der Waals surface area contributed by atoms with Gasteiger partial charge in [0.15, 0.2) is 0 Å². The molecular formula is C32H52N6O8. The smallest absolute Gasteiger partial charge is 0.407 e. The Morgan fingerprint density at radius 1 is 0.739 bits per heavy atom. The van der Waals surface area contributed by atoms with Crippen LogP contribution in [0.1, 0.15) is 87.5 Å². The molecule has 2 saturated carbocycles. The van der Waals surface area contributed by atoms with Crippen LogP contribution >= 0.6 is 0 Å². The summed E-state index contributed by atoms with van der Waals surface area (Å²) in [5, 5.41) is 13.3. The monoisotopic (exact) mass is 648 g/mol. The lowest BCUT2D eigenvalue weighted by Gasteiger charge is -2.38. The van der Waals surface area contributed by atoms with Crippen molar-refractivity contribution in [2.24, 2.45) is 22.7 Å². The average Bonchev–Trinajstić information content (AvgIpc) is 3.52. The second-order valence-corrected chi connectivity index (χ2v) is 15.1. The molecule has 6 amide bonds. The van der Waals surface area contributed by atoms with E-state index in [1.54, 1.807) is 41.5 Å². The van der Waals surface area contributed by atoms with Gasteiger partial charge in [-0.1, -0.05) is 48.0 Å². The van der Waals surface area contributed by atoms with Gasteiger partial charge >= 0.3 is 6.09 Å². The first-order valence-electron chi connectivity index (χ1n) is 16.2. The molecule has 2 aliphatic carbocycles. The molecular weight excluding hydrogens is 596 g/mol. The van der Waals surface area contributed by atoms with Crippen molar-refractivity contribution in [2.45, 2.75) is 124 Å². The van der Waals surface area contributed by atoms with Crippen molar-refractivity contribution >= 4 is 41.4 Å². The second kappa shape index (κ2) is 14.4. The van der Waals surface area contributed by atoms with Crippen LogP contribution in [0.4, 0.5) is 4.79 Å². The van der Waals surface area contributed by atoms with Crippen LogP contribution in [0.15, 0.2) is 0 Å². The maximum atomic E-state index is 14.3. The van der Waals surface area contributed by atoms with Gasteiger partial charge < -0.3 is 36.2 Å². The summed E-state index contributed by atoms with van der Waals surface area (Å²) in [7, 11) is 1.17. The Morgan fingerprint density at radius 3 is 1.87 bits per heavy atom. The number of amides is 6. The summed E-state index contributed by atoms with van der Waals surface area (Å²) < 4.78 is 4.55. The summed E-state index contributed by atoms with van der Waals surface area (Å²) in [5.74, 6) is -3.67. The minimum Gasteiger partial charge on any atom is -0.453 e. The molecule has 14 heteroatoms. The average molecular weight is 649 g/mol. The van der Waals surface area contributed by atoms with E-state index in [0.717, 1.165) is 32.1 Å². The van der Waals surface area contributed by atoms with E-state index in [9.17, 15) is 33.6 Å². The van der Waals surface area contributed by atoms with Crippen LogP contribution in [-0.4, -0.2) is 96.2 Å². The summed E-state index contributed by atoms with van der Waals surface area (Å²) >= 11 is 0. The minimum absolute atomic E-state index is 0.00258. The normalized spacial score (nSPS) is 23.6. The number of nitrogens with one attached hydrogen (secondary N) is 5. The molecule has 5 N–H and O–H groups in total. The maximum absolute atomic E-state index is 14.3. The van der Waals surface area contributed by atoms with Crippen LogP contribution in [0.25, 0.3) is 0 Å². The fraction of sp³-hybridized carbons (Fsp3) is 0.781. The molecule has 0 aromatic carbocycles. The zero-order chi connectivity index (χ0) is 34.7. The number of ether oxygens (including phenoxy) is 1. The highest BCUT2D eigenvalue weighted by Crippen LogP contribution is 2.43. The Kier molecular flexibility index (Phi) is 11.5. The second-order valence-electron chi connectivity index (χ2n) is 15.1. The molecule has 3 rings (SSSR count). The van der Waals surface area contributed by atoms with Gasteiger partial charge in [-0.25, -0.2) is 4.79 Å². The number of Topliss-reactive ketones (excluding diaryl/α,β-unsaturated/α-hetero) is 1. The van der Waals surface area contributed by atoms with E-state index in [-0.39, 0.29) is 17.9 Å². The summed E-state index contributed by atoms with van der Waals surface area (Å²) in [4.78, 5) is 92.9. The van der Waals surface area contributed by atoms with E-state index in [4.69, 9.17) is 0 Å². The SMILES string of the molecule is COC(=O)N[C@@H](C)C(=O)N[C@H](C(=O)N[C@H](C(=O)N1C[C@@H]2CCC[C@@H]2C1C(=O)N[C@@H](C)C(=O)C(=O)NC1CC1)C(C)(C)C)C(C)(C)C. The largest absolute Gasteiger partial charge is 0.453 e. The minimum atomic E-state index is -1.08. The number of ketones is 1. The van der Waals surface area contributed by atoms with E-state index in [1.807, 2.05) is 0 Å². The first-order chi connectivity index (χ1) is 21.3. The van der Waals surface area contributed by atoms with Crippen molar-refractivity contribution in [3.8, 4) is 0 Å². The fourth-order valence-corrected chi connectivity index (χ4v) is 6.20. The zero-order valence-electron chi connectivity index (χ0n) is 28.6. The Hall–Kier alpha value is -3.71. The summed E-state index contributed by atoms with van der Waals surface area (Å²) in [5.41, 5.74) is -1.57. The summed E-state index contributed by atoms with van der Waals surface area (Å²) in [6, 6.07) is -5.09. The van der Waals surface area contributed by atoms with Gasteiger partial charge in [0, 0.05) is 12.6 Å². The molecule has 14 nitrogen and oxygen atoms in total. The van der Waals surface area contributed by atoms with Gasteiger partial charge in [0.25, 0.3) is 5.91 Å². The fourth-order valence-electron chi connectivity index (χ4n) is 6.20. The van der Waals surface area contributed by atoms with Crippen LogP contribution in [0.5, 0.6) is 0 Å². The molecule has 0 radical (unpaired) electrons. The van der Waals surface area contributed by atoms with Gasteiger partial charge in [-0.05, 0) is 62.2 Å². The number of hydrogen-bond donors (Lipinski definition) is 5. The highest BCUT2D eigenvalue weighted by atomic mass is 16.5. The van der Waals surface area contributed by atoms with E-state index in [0.29, 0.717) is 6.54 Å². The topological polar surface area (TPSA) is 192 Å². The number of nitrogens with zero attached hydrogens (tertiary/aromatic N) is 1. The van der Waals surface area contributed by atoms with E-state index in [2.05, 4.69) is 31.3 Å². The van der Waals surface area contributed by atoms with Gasteiger partial charge in [0.05, 0.1) is 13.2 Å². The number of methoxy groups -OCH3 is 1. The first kappa shape index (κ1) is 36.8. The van der Waals surface area contributed by atoms with Gasteiger partial charge in [-0.3, -0.25) is 28.8 Å². The molecule has 0 bridgehead atoms. The number of alkyl carbamates (subject to hydrolysis) is 1. The first-order valence-corrected chi connectivity index (χ1v) is 16.2. The molecule has 3 aliphatic rings. The van der Waals surface area contributed by atoms with E-state index in [1.165, 1.54) is 25.9 Å². The molecule has 1 unspecified atom stereocenters. The molecule has 0 aromatic rings. The Labute approximate surface area is 271 Å². The van der Waals surface area contributed by atoms with Gasteiger partial charge in [-0.15, -0.1) is 0 Å². The highest BCUT2D eigenvalue weighted by molar-refractivity contribution is 6.38. The predicted octanol–water partition coefficient (Wildman–Crippen LogP) is 0.772. The summed E-state index contributed by atoms with van der Waals surface area (Å²) in [6.45, 7) is 13.9. The Balaban J connectivity index is 1.80. The number of likely N-dealkylation sites (tertiary alicyclic amines) is 1. The molecule has 7 atom stereocenters. The molecule has 46 heavy (non-hydrogen) atoms. The highest BCUT2D eigenvalue weighted by Gasteiger charge is 2.52. The molecule has 0 spiro atoms. The third kappa shape index (κ3) is 8.97. The number of fused-ring (bicyclic) bond motifs is 1. The quantitative estimate of drug-likeness (QED) is 0.203. The predicted molar refractivity (Wildman–Crippen MR) is 168 cm³/mol. The molecule has 258 valence electrons. The number of carbonyl (C=O) groups is 7. The third-order valence-electron chi connectivity index (χ3n) is 9.06. The molecule has 1 aliphatic heterocycles. The van der Waals surface area contributed by atoms with Crippen LogP contribution in [-0.2, 0) is 33.5 Å². The van der Waals surface area contributed by atoms with Crippen LogP contribution in [0.2, 0.25) is 0 Å². The van der Waals surface area contributed by atoms with Gasteiger partial charge in [0.2, 0.25) is 29.4 Å². The maximum Gasteiger partial charge on any atom is 0.407 e. The number of hydrogen-bond acceptors (Lipinski definition) is 8. The molecule has 1 heterocycles. The van der Waals surface area contributed by atoms with E-state index < -0.39 is 82.5 Å². The zero-order valence-corrected chi connectivity index (χ0v) is 28.6. The lowest BCUT2D eigenvalue weighted by molar-refractivity contribution is -0.146. The van der Waals surface area contributed by atoms with Crippen molar-refractivity contribution in [1.29, 1.82) is 0 Å². The molecule has 3 fully saturated rings. The number of rotatable bonds is 11. The van der Waals surface area contributed by atoms with Crippen LogP contribution in [0, 0.1) is 22.7 Å². The standard InChI is InChI=1S/C32H52N6O8/c1-16(22(39)27(42)35-19-13-14-19)33-26(41)21-20-12-10-11-18(20)15-38(21)29(44)24(32(6,7)8)37-28(43)23(31(3,4)5)36-25(40)17(2)34-30(45)46-9/h16-21,23-24H,10-15H2,1-9H3,(H,33,41)(H,34,45)(H,35,42)(H,36,40)(H,37,43)/t16-,17-,18-,20-,21?,23+,24+/m0/s1. The van der Waals surface area contributed by atoms with Crippen LogP contribution < -0.4 is 26.6 Å². The van der Waals surface area contributed by atoms with Gasteiger partial charge in [-0.2, -0.15) is 0 Å². The van der Waals surface area contributed by atoms with E-state index >= 15 is 0 Å². The lowest BCUT2D eigenvalue weighted by Crippen LogP contribution is -2.63. The van der Waals surface area contributed by atoms with Crippen molar-refractivity contribution in [2.75, 3.05) is 13.7 Å². The third-order valence-corrected chi connectivity index (χ3v) is 9.06. The van der Waals surface area contributed by atoms with Crippen molar-refractivity contribution < 1.29 is 38.3 Å². The Bertz CT molecular complexity index is 1220. The van der Waals surface area contributed by atoms with Gasteiger partial charge in [0.1, 0.15) is 24.2 Å². The molecule has 1 saturated heterocycles. The van der Waals surface area contributed by atoms with Crippen molar-refractivity contribution in [3.05, 3.63) is 0 Å². The summed E-state index contributed by atoms with van der Waals surface area (Å²) in [6.07, 6.45) is 3.34. The number of carbonyl (C=O) groups excluding carboxylic acids is 7.